The van der Waals surface area contributed by atoms with Gasteiger partial charge >= 0.3 is 0 Å². The van der Waals surface area contributed by atoms with Crippen LogP contribution < -0.4 is 0 Å². The van der Waals surface area contributed by atoms with Crippen molar-refractivity contribution in [2.75, 3.05) is 0 Å². The lowest BCUT2D eigenvalue weighted by molar-refractivity contribution is 0.669. The summed E-state index contributed by atoms with van der Waals surface area (Å²) in [5.74, 6) is 0. The van der Waals surface area contributed by atoms with E-state index in [9.17, 15) is 6.85 Å². The Labute approximate surface area is 289 Å². The summed E-state index contributed by atoms with van der Waals surface area (Å²) in [6.07, 6.45) is 0. The molecule has 0 N–H and O–H groups in total. The van der Waals surface area contributed by atoms with Crippen LogP contribution in [0.5, 0.6) is 0 Å². The highest BCUT2D eigenvalue weighted by Crippen LogP contribution is 2.45. The number of rotatable bonds is 4. The second-order valence-electron chi connectivity index (χ2n) is 10.1. The summed E-state index contributed by atoms with van der Waals surface area (Å²) in [7, 11) is 0. The van der Waals surface area contributed by atoms with Crippen molar-refractivity contribution in [1.29, 1.82) is 0 Å². The Balaban J connectivity index is 1.42. The first kappa shape index (κ1) is 12.6. The van der Waals surface area contributed by atoms with E-state index >= 15 is 0 Å². The van der Waals surface area contributed by atoms with Gasteiger partial charge in [0.2, 0.25) is 0 Å². The third-order valence-electron chi connectivity index (χ3n) is 7.63. The van der Waals surface area contributed by atoms with Gasteiger partial charge in [-0.1, -0.05) is 145 Å². The summed E-state index contributed by atoms with van der Waals surface area (Å²) < 4.78 is 182. The van der Waals surface area contributed by atoms with Gasteiger partial charge in [0, 0.05) is 10.8 Å². The van der Waals surface area contributed by atoms with Crippen LogP contribution in [-0.2, 0) is 0 Å². The summed E-state index contributed by atoms with van der Waals surface area (Å²) in [6, 6.07) is -0.317. The van der Waals surface area contributed by atoms with Crippen LogP contribution in [0.4, 0.5) is 0 Å². The van der Waals surface area contributed by atoms with Gasteiger partial charge in [0.05, 0.1) is 27.4 Å². The van der Waals surface area contributed by atoms with E-state index in [0.29, 0.717) is 21.5 Å². The summed E-state index contributed by atoms with van der Waals surface area (Å²) in [4.78, 5) is 0. The average molecular weight is 593 g/mol. The second-order valence-corrected chi connectivity index (χ2v) is 10.1. The number of furan rings is 1. The Bertz CT molecular complexity index is 3550. The molecule has 0 spiro atoms. The van der Waals surface area contributed by atoms with Crippen molar-refractivity contribution in [3.05, 3.63) is 169 Å². The van der Waals surface area contributed by atoms with E-state index in [1.165, 1.54) is 0 Å². The van der Waals surface area contributed by atoms with E-state index in [2.05, 4.69) is 0 Å². The molecule has 1 nitrogen and oxygen atoms in total. The fourth-order valence-corrected chi connectivity index (χ4v) is 5.77. The maximum absolute atomic E-state index is 9.69. The Morgan fingerprint density at radius 2 is 0.911 bits per heavy atom. The van der Waals surface area contributed by atoms with E-state index in [-0.39, 0.29) is 38.6 Å². The van der Waals surface area contributed by atoms with Crippen molar-refractivity contribution in [2.24, 2.45) is 0 Å². The first-order valence-corrected chi connectivity index (χ1v) is 13.8. The van der Waals surface area contributed by atoms with Crippen molar-refractivity contribution in [2.45, 2.75) is 0 Å². The molecule has 0 atom stereocenters. The van der Waals surface area contributed by atoms with Crippen LogP contribution in [-0.4, -0.2) is 0 Å². The van der Waals surface area contributed by atoms with Gasteiger partial charge in [-0.15, -0.1) is 0 Å². The number of benzene rings is 8. The van der Waals surface area contributed by atoms with Crippen molar-refractivity contribution < 1.29 is 31.8 Å². The first-order chi connectivity index (χ1) is 30.7. The largest absolute Gasteiger partial charge is 0.456 e. The van der Waals surface area contributed by atoms with E-state index in [1.807, 2.05) is 0 Å². The highest BCUT2D eigenvalue weighted by Gasteiger charge is 2.19. The Hall–Kier alpha value is -5.92. The van der Waals surface area contributed by atoms with Gasteiger partial charge in [-0.05, 0) is 90.2 Å². The van der Waals surface area contributed by atoms with Crippen LogP contribution in [0.1, 0.15) is 27.4 Å². The lowest BCUT2D eigenvalue weighted by Crippen LogP contribution is -1.91. The predicted molar refractivity (Wildman–Crippen MR) is 190 cm³/mol. The number of fused-ring (bicyclic) bond motifs is 5. The minimum absolute atomic E-state index is 0.159. The third kappa shape index (κ3) is 4.17. The van der Waals surface area contributed by atoms with Gasteiger partial charge in [0.25, 0.3) is 0 Å². The molecule has 1 heteroatoms. The zero-order chi connectivity index (χ0) is 47.1. The van der Waals surface area contributed by atoms with Gasteiger partial charge in [-0.2, -0.15) is 0 Å². The summed E-state index contributed by atoms with van der Waals surface area (Å²) in [5.41, 5.74) is -2.64. The molecule has 0 radical (unpaired) electrons. The van der Waals surface area contributed by atoms with Crippen LogP contribution >= 0.6 is 0 Å². The fraction of sp³-hybridized carbons (Fsp3) is 0. The molecule has 210 valence electrons. The molecule has 9 aromatic rings. The van der Waals surface area contributed by atoms with Gasteiger partial charge in [0.15, 0.2) is 0 Å². The van der Waals surface area contributed by atoms with Crippen LogP contribution in [0.3, 0.4) is 0 Å². The molecule has 0 unspecified atom stereocenters. The van der Waals surface area contributed by atoms with Gasteiger partial charge in [-0.3, -0.25) is 0 Å². The van der Waals surface area contributed by atoms with Gasteiger partial charge < -0.3 is 4.42 Å². The van der Waals surface area contributed by atoms with E-state index < -0.39 is 149 Å². The van der Waals surface area contributed by atoms with Crippen LogP contribution in [0, 0.1) is 0 Å². The van der Waals surface area contributed by atoms with Crippen molar-refractivity contribution in [3.8, 4) is 44.5 Å². The zero-order valence-corrected chi connectivity index (χ0v) is 23.0. The molecular weight excluding hydrogens is 544 g/mol. The predicted octanol–water partition coefficient (Wildman–Crippen LogP) is 12.6. The Kier molecular flexibility index (Phi) is 2.90. The van der Waals surface area contributed by atoms with E-state index in [1.54, 1.807) is 48.5 Å². The van der Waals surface area contributed by atoms with Crippen molar-refractivity contribution in [1.82, 2.24) is 0 Å². The maximum atomic E-state index is 9.69. The Morgan fingerprint density at radius 3 is 1.56 bits per heavy atom. The SMILES string of the molecule is [2H]c1c([2H])c([2H])c(-c2c([2H])c([2H])c([2H])c(-c3c4ccccc4c(-c4c([2H])c([2H])c5c(oc6c([2H])c([2H])c([2H])c(-c7c([2H])c([2H])c([2H])c([2H])c7[2H])c65)c4[2H])c4ccccc34)c2[2H])c([2H])c1[2H]. The third-order valence-corrected chi connectivity index (χ3v) is 7.63. The lowest BCUT2D eigenvalue weighted by atomic mass is 9.85. The molecule has 0 saturated carbocycles. The van der Waals surface area contributed by atoms with Gasteiger partial charge in [0.1, 0.15) is 11.2 Å². The van der Waals surface area contributed by atoms with Crippen molar-refractivity contribution >= 4 is 43.5 Å². The highest BCUT2D eigenvalue weighted by atomic mass is 16.3. The van der Waals surface area contributed by atoms with Crippen LogP contribution in [0.25, 0.3) is 88.0 Å². The summed E-state index contributed by atoms with van der Waals surface area (Å²) in [6.45, 7) is 0. The standard InChI is InChI=1S/C44H28O/c1-3-13-29(14-4-1)31-17-11-18-32(27-31)42-35-19-7-9-21-37(35)43(38-22-10-8-20-36(38)42)33-25-26-39-41(28-33)45-40-24-12-23-34(44(39)40)30-15-5-2-6-16-30/h1-28H/i1D,2D,3D,4D,5D,6D,11D,12D,13D,14D,15D,16D,17D,18D,23D,24D,25D,26D,27D,28D. The quantitative estimate of drug-likeness (QED) is 0.185. The molecular formula is C44H28O. The molecule has 0 bridgehead atoms. The normalized spacial score (nSPS) is 17.8. The van der Waals surface area contributed by atoms with Crippen LogP contribution in [0.15, 0.2) is 174 Å². The van der Waals surface area contributed by atoms with Gasteiger partial charge in [-0.25, -0.2) is 0 Å². The fourth-order valence-electron chi connectivity index (χ4n) is 5.77. The molecule has 0 aliphatic heterocycles. The number of hydrogen-bond donors (Lipinski definition) is 0. The molecule has 0 saturated heterocycles. The van der Waals surface area contributed by atoms with E-state index in [4.69, 9.17) is 25.0 Å². The molecule has 0 amide bonds. The average Bonchev–Trinajstić information content (AvgIpc) is 3.70. The Morgan fingerprint density at radius 1 is 0.378 bits per heavy atom. The second kappa shape index (κ2) is 10.4. The first-order valence-electron chi connectivity index (χ1n) is 23.8. The van der Waals surface area contributed by atoms with Crippen LogP contribution in [0.2, 0.25) is 0 Å². The molecule has 1 heterocycles. The molecule has 8 aromatic carbocycles. The minimum Gasteiger partial charge on any atom is -0.456 e. The molecule has 0 aliphatic rings. The molecule has 9 rings (SSSR count). The number of hydrogen-bond acceptors (Lipinski definition) is 1. The molecule has 0 fully saturated rings. The molecule has 45 heavy (non-hydrogen) atoms. The maximum Gasteiger partial charge on any atom is 0.136 e. The molecule has 0 aliphatic carbocycles. The zero-order valence-electron chi connectivity index (χ0n) is 43.0. The topological polar surface area (TPSA) is 13.1 Å². The smallest absolute Gasteiger partial charge is 0.136 e. The van der Waals surface area contributed by atoms with E-state index in [0.717, 1.165) is 0 Å². The van der Waals surface area contributed by atoms with Crippen molar-refractivity contribution in [3.63, 3.8) is 0 Å². The highest BCUT2D eigenvalue weighted by molar-refractivity contribution is 6.22. The minimum atomic E-state index is -0.740. The molecule has 1 aromatic heterocycles. The summed E-state index contributed by atoms with van der Waals surface area (Å²) >= 11 is 0. The monoisotopic (exact) mass is 592 g/mol. The summed E-state index contributed by atoms with van der Waals surface area (Å²) in [5, 5.41) is 0.687. The lowest BCUT2D eigenvalue weighted by Gasteiger charge is -2.18.